The molecule has 1 N–H and O–H groups in total. The molecule has 0 aliphatic rings. The van der Waals surface area contributed by atoms with Gasteiger partial charge < -0.3 is 5.32 Å². The lowest BCUT2D eigenvalue weighted by atomic mass is 10.2. The highest BCUT2D eigenvalue weighted by molar-refractivity contribution is 6.33. The molecule has 0 fully saturated rings. The summed E-state index contributed by atoms with van der Waals surface area (Å²) >= 11 is 11.9. The lowest BCUT2D eigenvalue weighted by Crippen LogP contribution is -2.17. The van der Waals surface area contributed by atoms with Gasteiger partial charge in [-0.2, -0.15) is 13.2 Å². The van der Waals surface area contributed by atoms with Gasteiger partial charge in [-0.05, 0) is 37.1 Å². The maximum atomic E-state index is 13.2. The zero-order valence-corrected chi connectivity index (χ0v) is 15.8. The van der Waals surface area contributed by atoms with Crippen LogP contribution < -0.4 is 5.32 Å². The van der Waals surface area contributed by atoms with Gasteiger partial charge in [-0.15, -0.1) is 0 Å². The SMILES string of the molecule is CCc1nc2c(Cl)cc(C(F)(F)F)cn2c1C(=O)Nc1cc(Cl)ccc1C. The van der Waals surface area contributed by atoms with E-state index < -0.39 is 17.6 Å². The number of benzene rings is 1. The number of nitrogens with one attached hydrogen (secondary N) is 1. The van der Waals surface area contributed by atoms with Crippen molar-refractivity contribution in [2.75, 3.05) is 5.32 Å². The average Bonchev–Trinajstić information content (AvgIpc) is 2.96. The monoisotopic (exact) mass is 415 g/mol. The molecule has 0 atom stereocenters. The highest BCUT2D eigenvalue weighted by Gasteiger charge is 2.33. The third-order valence-electron chi connectivity index (χ3n) is 4.07. The van der Waals surface area contributed by atoms with Crippen molar-refractivity contribution in [2.24, 2.45) is 0 Å². The number of amides is 1. The van der Waals surface area contributed by atoms with Gasteiger partial charge in [0, 0.05) is 16.9 Å². The molecule has 1 aromatic carbocycles. The van der Waals surface area contributed by atoms with E-state index in [1.807, 2.05) is 0 Å². The molecule has 1 amide bonds. The zero-order valence-electron chi connectivity index (χ0n) is 14.3. The fraction of sp³-hybridized carbons (Fsp3) is 0.222. The van der Waals surface area contributed by atoms with E-state index in [1.54, 1.807) is 32.0 Å². The highest BCUT2D eigenvalue weighted by atomic mass is 35.5. The Hall–Kier alpha value is -2.25. The van der Waals surface area contributed by atoms with Gasteiger partial charge in [0.25, 0.3) is 5.91 Å². The molecule has 0 unspecified atom stereocenters. The summed E-state index contributed by atoms with van der Waals surface area (Å²) < 4.78 is 40.5. The number of fused-ring (bicyclic) bond motifs is 1. The third-order valence-corrected chi connectivity index (χ3v) is 4.59. The largest absolute Gasteiger partial charge is 0.417 e. The molecule has 0 aliphatic heterocycles. The molecule has 3 rings (SSSR count). The molecule has 0 saturated carbocycles. The fourth-order valence-corrected chi connectivity index (χ4v) is 3.13. The van der Waals surface area contributed by atoms with Crippen molar-refractivity contribution in [3.05, 3.63) is 63.0 Å². The number of pyridine rings is 1. The Morgan fingerprint density at radius 3 is 2.59 bits per heavy atom. The van der Waals surface area contributed by atoms with Crippen molar-refractivity contribution in [1.82, 2.24) is 9.38 Å². The van der Waals surface area contributed by atoms with Crippen LogP contribution in [0.4, 0.5) is 18.9 Å². The van der Waals surface area contributed by atoms with Crippen molar-refractivity contribution in [3.8, 4) is 0 Å². The maximum absolute atomic E-state index is 13.2. The fourth-order valence-electron chi connectivity index (χ4n) is 2.70. The van der Waals surface area contributed by atoms with E-state index in [4.69, 9.17) is 23.2 Å². The lowest BCUT2D eigenvalue weighted by Gasteiger charge is -2.12. The number of anilines is 1. The number of carbonyl (C=O) groups is 1. The van der Waals surface area contributed by atoms with Gasteiger partial charge in [0.05, 0.1) is 16.3 Å². The average molecular weight is 416 g/mol. The molecule has 2 heterocycles. The molecule has 0 saturated heterocycles. The summed E-state index contributed by atoms with van der Waals surface area (Å²) in [6.07, 6.45) is -3.43. The van der Waals surface area contributed by atoms with Crippen LogP contribution in [0.2, 0.25) is 10.0 Å². The molecular formula is C18H14Cl2F3N3O. The van der Waals surface area contributed by atoms with Crippen LogP contribution >= 0.6 is 23.2 Å². The van der Waals surface area contributed by atoms with Gasteiger partial charge in [0.1, 0.15) is 5.69 Å². The van der Waals surface area contributed by atoms with E-state index in [1.165, 1.54) is 0 Å². The molecular weight excluding hydrogens is 402 g/mol. The van der Waals surface area contributed by atoms with Crippen molar-refractivity contribution in [3.63, 3.8) is 0 Å². The number of imidazole rings is 1. The van der Waals surface area contributed by atoms with Gasteiger partial charge in [-0.1, -0.05) is 36.2 Å². The minimum absolute atomic E-state index is 0.000115. The van der Waals surface area contributed by atoms with E-state index in [2.05, 4.69) is 10.3 Å². The second kappa shape index (κ2) is 7.05. The first-order chi connectivity index (χ1) is 12.6. The molecule has 142 valence electrons. The molecule has 0 spiro atoms. The van der Waals surface area contributed by atoms with Crippen molar-refractivity contribution in [2.45, 2.75) is 26.4 Å². The first-order valence-electron chi connectivity index (χ1n) is 7.97. The molecule has 0 aliphatic carbocycles. The Bertz CT molecular complexity index is 1040. The van der Waals surface area contributed by atoms with Crippen molar-refractivity contribution < 1.29 is 18.0 Å². The lowest BCUT2D eigenvalue weighted by molar-refractivity contribution is -0.137. The third kappa shape index (κ3) is 3.75. The summed E-state index contributed by atoms with van der Waals surface area (Å²) in [5.41, 5.74) is 0.687. The first-order valence-corrected chi connectivity index (χ1v) is 8.72. The molecule has 3 aromatic rings. The normalized spacial score (nSPS) is 11.8. The minimum Gasteiger partial charge on any atom is -0.320 e. The van der Waals surface area contributed by atoms with Crippen molar-refractivity contribution in [1.29, 1.82) is 0 Å². The zero-order chi connectivity index (χ0) is 19.9. The van der Waals surface area contributed by atoms with Crippen LogP contribution in [-0.2, 0) is 12.6 Å². The number of halogens is 5. The van der Waals surface area contributed by atoms with Crippen molar-refractivity contribution >= 4 is 40.4 Å². The molecule has 0 radical (unpaired) electrons. The Morgan fingerprint density at radius 1 is 1.26 bits per heavy atom. The summed E-state index contributed by atoms with van der Waals surface area (Å²) in [6, 6.07) is 5.77. The molecule has 4 nitrogen and oxygen atoms in total. The minimum atomic E-state index is -4.61. The number of rotatable bonds is 3. The van der Waals surface area contributed by atoms with E-state index in [-0.39, 0.29) is 16.4 Å². The van der Waals surface area contributed by atoms with Gasteiger partial charge in [-0.3, -0.25) is 9.20 Å². The summed E-state index contributed by atoms with van der Waals surface area (Å²) in [4.78, 5) is 17.1. The van der Waals surface area contributed by atoms with E-state index >= 15 is 0 Å². The van der Waals surface area contributed by atoms with Gasteiger partial charge in [0.15, 0.2) is 5.65 Å². The van der Waals surface area contributed by atoms with Crippen LogP contribution in [0.25, 0.3) is 5.65 Å². The predicted octanol–water partition coefficient (Wildman–Crippen LogP) is 5.78. The quantitative estimate of drug-likeness (QED) is 0.588. The molecule has 0 bridgehead atoms. The predicted molar refractivity (Wildman–Crippen MR) is 98.7 cm³/mol. The maximum Gasteiger partial charge on any atom is 0.417 e. The van der Waals surface area contributed by atoms with Crippen LogP contribution in [0, 0.1) is 6.92 Å². The molecule has 2 aromatic heterocycles. The Kier molecular flexibility index (Phi) is 5.10. The number of aromatic nitrogens is 2. The summed E-state index contributed by atoms with van der Waals surface area (Å²) in [5, 5.41) is 2.93. The van der Waals surface area contributed by atoms with Gasteiger partial charge >= 0.3 is 6.18 Å². The number of alkyl halides is 3. The van der Waals surface area contributed by atoms with E-state index in [9.17, 15) is 18.0 Å². The highest BCUT2D eigenvalue weighted by Crippen LogP contribution is 2.33. The van der Waals surface area contributed by atoms with Crippen LogP contribution in [-0.4, -0.2) is 15.3 Å². The first kappa shape index (κ1) is 19.5. The topological polar surface area (TPSA) is 46.4 Å². The number of hydrogen-bond acceptors (Lipinski definition) is 2. The second-order valence-corrected chi connectivity index (χ2v) is 6.79. The Balaban J connectivity index is 2.15. The van der Waals surface area contributed by atoms with Crippen LogP contribution in [0.15, 0.2) is 30.5 Å². The standard InChI is InChI=1S/C18H14Cl2F3N3O/c1-3-13-15(17(27)25-14-7-11(19)5-4-9(14)2)26-8-10(18(21,22)23)6-12(20)16(26)24-13/h4-8H,3H2,1-2H3,(H,25,27). The number of aryl methyl sites for hydroxylation is 2. The second-order valence-electron chi connectivity index (χ2n) is 5.94. The van der Waals surface area contributed by atoms with Gasteiger partial charge in [-0.25, -0.2) is 4.98 Å². The summed E-state index contributed by atoms with van der Waals surface area (Å²) in [7, 11) is 0. The Morgan fingerprint density at radius 2 is 1.96 bits per heavy atom. The number of nitrogens with zero attached hydrogens (tertiary/aromatic N) is 2. The summed E-state index contributed by atoms with van der Waals surface area (Å²) in [5.74, 6) is -0.597. The Labute approximate surface area is 162 Å². The number of carbonyl (C=O) groups excluding carboxylic acids is 1. The molecule has 27 heavy (non-hydrogen) atoms. The van der Waals surface area contributed by atoms with Crippen LogP contribution in [0.3, 0.4) is 0 Å². The van der Waals surface area contributed by atoms with E-state index in [0.717, 1.165) is 22.2 Å². The molecule has 9 heteroatoms. The van der Waals surface area contributed by atoms with E-state index in [0.29, 0.717) is 22.8 Å². The van der Waals surface area contributed by atoms with Gasteiger partial charge in [0.2, 0.25) is 0 Å². The summed E-state index contributed by atoms with van der Waals surface area (Å²) in [6.45, 7) is 3.53. The van der Waals surface area contributed by atoms with Crippen LogP contribution in [0.1, 0.15) is 34.2 Å². The smallest absolute Gasteiger partial charge is 0.320 e. The van der Waals surface area contributed by atoms with Crippen LogP contribution in [0.5, 0.6) is 0 Å². The number of hydrogen-bond donors (Lipinski definition) is 1.